The Morgan fingerprint density at radius 1 is 1.05 bits per heavy atom. The van der Waals surface area contributed by atoms with E-state index in [1.807, 2.05) is 60.1 Å². The molecular formula is C16H12ClNOS. The second-order valence-electron chi connectivity index (χ2n) is 4.42. The molecule has 0 fully saturated rings. The van der Waals surface area contributed by atoms with Gasteiger partial charge in [0.05, 0.1) is 12.1 Å². The zero-order valence-electron chi connectivity index (χ0n) is 10.6. The summed E-state index contributed by atoms with van der Waals surface area (Å²) < 4.78 is 0. The minimum Gasteiger partial charge on any atom is -0.310 e. The number of amides is 1. The lowest BCUT2D eigenvalue weighted by molar-refractivity contribution is 0.0811. The van der Waals surface area contributed by atoms with Crippen LogP contribution in [0.2, 0.25) is 5.02 Å². The summed E-state index contributed by atoms with van der Waals surface area (Å²) in [5, 5.41) is 2.61. The van der Waals surface area contributed by atoms with E-state index in [-0.39, 0.29) is 5.91 Å². The summed E-state index contributed by atoms with van der Waals surface area (Å²) in [6, 6.07) is 15.2. The molecular weight excluding hydrogens is 290 g/mol. The second-order valence-corrected chi connectivity index (χ2v) is 5.78. The van der Waals surface area contributed by atoms with Crippen LogP contribution in [0.3, 0.4) is 0 Å². The highest BCUT2D eigenvalue weighted by atomic mass is 35.5. The van der Waals surface area contributed by atoms with Gasteiger partial charge in [-0.25, -0.2) is 0 Å². The van der Waals surface area contributed by atoms with E-state index in [1.54, 1.807) is 16.7 Å². The predicted octanol–water partition coefficient (Wildman–Crippen LogP) is 4.56. The molecule has 2 aromatic carbocycles. The van der Waals surface area contributed by atoms with Crippen LogP contribution in [0.5, 0.6) is 0 Å². The summed E-state index contributed by atoms with van der Waals surface area (Å²) in [4.78, 5) is 15.2. The van der Waals surface area contributed by atoms with E-state index in [1.165, 1.54) is 0 Å². The maximum Gasteiger partial charge on any atom is 0.259 e. The molecule has 1 aliphatic heterocycles. The molecule has 2 nitrogen and oxygen atoms in total. The molecule has 0 unspecified atom stereocenters. The maximum atomic E-state index is 12.6. The van der Waals surface area contributed by atoms with Crippen LogP contribution in [0.4, 0.5) is 0 Å². The van der Waals surface area contributed by atoms with Crippen molar-refractivity contribution in [2.75, 3.05) is 0 Å². The fourth-order valence-electron chi connectivity index (χ4n) is 2.08. The van der Waals surface area contributed by atoms with Gasteiger partial charge in [0.25, 0.3) is 5.91 Å². The van der Waals surface area contributed by atoms with Gasteiger partial charge in [0.2, 0.25) is 0 Å². The van der Waals surface area contributed by atoms with Crippen molar-refractivity contribution in [3.8, 4) is 0 Å². The van der Waals surface area contributed by atoms with Crippen LogP contribution in [0.1, 0.15) is 15.9 Å². The minimum absolute atomic E-state index is 0.00164. The summed E-state index contributed by atoms with van der Waals surface area (Å²) in [6.45, 7) is 0.476. The first-order chi connectivity index (χ1) is 9.75. The predicted molar refractivity (Wildman–Crippen MR) is 82.8 cm³/mol. The summed E-state index contributed by atoms with van der Waals surface area (Å²) in [5.74, 6) is 0.00164. The average Bonchev–Trinajstić information content (AvgIpc) is 2.62. The van der Waals surface area contributed by atoms with Crippen molar-refractivity contribution in [2.45, 2.75) is 11.4 Å². The van der Waals surface area contributed by atoms with Gasteiger partial charge in [0.1, 0.15) is 0 Å². The molecule has 0 spiro atoms. The molecule has 0 bridgehead atoms. The van der Waals surface area contributed by atoms with Gasteiger partial charge in [0.15, 0.2) is 0 Å². The fraction of sp³-hybridized carbons (Fsp3) is 0.0625. The summed E-state index contributed by atoms with van der Waals surface area (Å²) >= 11 is 7.72. The molecule has 0 N–H and O–H groups in total. The topological polar surface area (TPSA) is 20.3 Å². The molecule has 3 rings (SSSR count). The van der Waals surface area contributed by atoms with Crippen LogP contribution >= 0.6 is 23.4 Å². The van der Waals surface area contributed by atoms with Gasteiger partial charge in [-0.05, 0) is 29.2 Å². The Morgan fingerprint density at radius 2 is 1.80 bits per heavy atom. The third-order valence-electron chi connectivity index (χ3n) is 3.11. The number of hydrogen-bond acceptors (Lipinski definition) is 2. The number of halogens is 1. The van der Waals surface area contributed by atoms with E-state index in [2.05, 4.69) is 0 Å². The molecule has 1 aliphatic rings. The smallest absolute Gasteiger partial charge is 0.259 e. The van der Waals surface area contributed by atoms with Crippen molar-refractivity contribution in [3.63, 3.8) is 0 Å². The molecule has 4 heteroatoms. The zero-order valence-corrected chi connectivity index (χ0v) is 12.2. The van der Waals surface area contributed by atoms with Crippen molar-refractivity contribution in [3.05, 3.63) is 76.3 Å². The normalized spacial score (nSPS) is 14.1. The molecule has 2 aromatic rings. The molecule has 0 saturated carbocycles. The third-order valence-corrected chi connectivity index (χ3v) is 4.35. The van der Waals surface area contributed by atoms with Crippen molar-refractivity contribution in [1.29, 1.82) is 0 Å². The van der Waals surface area contributed by atoms with Gasteiger partial charge in [-0.15, -0.1) is 0 Å². The van der Waals surface area contributed by atoms with Crippen molar-refractivity contribution >= 4 is 29.3 Å². The van der Waals surface area contributed by atoms with Gasteiger partial charge in [-0.3, -0.25) is 4.79 Å². The van der Waals surface area contributed by atoms with E-state index in [9.17, 15) is 4.79 Å². The zero-order chi connectivity index (χ0) is 13.9. The molecule has 1 amide bonds. The summed E-state index contributed by atoms with van der Waals surface area (Å²) in [5.41, 5.74) is 1.67. The molecule has 20 heavy (non-hydrogen) atoms. The number of fused-ring (bicyclic) bond motifs is 1. The number of thioether (sulfide) groups is 1. The lowest BCUT2D eigenvalue weighted by Gasteiger charge is -2.18. The van der Waals surface area contributed by atoms with Gasteiger partial charge >= 0.3 is 0 Å². The molecule has 100 valence electrons. The first kappa shape index (κ1) is 13.3. The molecule has 0 aliphatic carbocycles. The number of carbonyl (C=O) groups excluding carboxylic acids is 1. The molecule has 1 heterocycles. The van der Waals surface area contributed by atoms with E-state index in [0.29, 0.717) is 11.6 Å². The highest BCUT2D eigenvalue weighted by molar-refractivity contribution is 8.02. The summed E-state index contributed by atoms with van der Waals surface area (Å²) in [6.07, 6.45) is 1.82. The van der Waals surface area contributed by atoms with Gasteiger partial charge in [-0.1, -0.05) is 53.7 Å². The second kappa shape index (κ2) is 5.73. The van der Waals surface area contributed by atoms with Gasteiger partial charge in [-0.2, -0.15) is 0 Å². The monoisotopic (exact) mass is 301 g/mol. The van der Waals surface area contributed by atoms with Gasteiger partial charge in [0, 0.05) is 16.1 Å². The number of benzene rings is 2. The largest absolute Gasteiger partial charge is 0.310 e. The minimum atomic E-state index is 0.00164. The lowest BCUT2D eigenvalue weighted by Crippen LogP contribution is -2.25. The number of hydrogen-bond donors (Lipinski definition) is 0. The lowest BCUT2D eigenvalue weighted by atomic mass is 10.1. The van der Waals surface area contributed by atoms with E-state index < -0.39 is 0 Å². The number of nitrogens with zero attached hydrogens (tertiary/aromatic N) is 1. The third kappa shape index (κ3) is 2.60. The Bertz CT molecular complexity index is 684. The average molecular weight is 302 g/mol. The van der Waals surface area contributed by atoms with E-state index in [4.69, 9.17) is 11.6 Å². The molecule has 0 aromatic heterocycles. The van der Waals surface area contributed by atoms with Crippen LogP contribution in [-0.4, -0.2) is 10.8 Å². The fourth-order valence-corrected chi connectivity index (χ4v) is 3.07. The maximum absolute atomic E-state index is 12.6. The first-order valence-electron chi connectivity index (χ1n) is 6.22. The van der Waals surface area contributed by atoms with Crippen LogP contribution in [0.15, 0.2) is 65.0 Å². The van der Waals surface area contributed by atoms with Crippen LogP contribution in [-0.2, 0) is 6.54 Å². The Labute approximate surface area is 127 Å². The standard InChI is InChI=1S/C16H12ClNOS/c17-14-7-3-1-5-12(14)11-18-9-10-20-15-8-4-2-6-13(15)16(18)19/h1-10H,11H2. The van der Waals surface area contributed by atoms with E-state index in [0.717, 1.165) is 16.0 Å². The SMILES string of the molecule is O=C1c2ccccc2SC=CN1Cc1ccccc1Cl. The van der Waals surface area contributed by atoms with Crippen LogP contribution in [0.25, 0.3) is 0 Å². The number of rotatable bonds is 2. The summed E-state index contributed by atoms with van der Waals surface area (Å²) in [7, 11) is 0. The van der Waals surface area contributed by atoms with Crippen molar-refractivity contribution in [1.82, 2.24) is 4.90 Å². The Balaban J connectivity index is 1.92. The van der Waals surface area contributed by atoms with E-state index >= 15 is 0 Å². The molecule has 0 radical (unpaired) electrons. The highest BCUT2D eigenvalue weighted by Crippen LogP contribution is 2.29. The van der Waals surface area contributed by atoms with Crippen molar-refractivity contribution < 1.29 is 4.79 Å². The van der Waals surface area contributed by atoms with Crippen molar-refractivity contribution in [2.24, 2.45) is 0 Å². The van der Waals surface area contributed by atoms with Gasteiger partial charge < -0.3 is 4.90 Å². The Morgan fingerprint density at radius 3 is 2.65 bits per heavy atom. The Hall–Kier alpha value is -1.71. The van der Waals surface area contributed by atoms with Crippen LogP contribution in [0, 0.1) is 0 Å². The quantitative estimate of drug-likeness (QED) is 0.810. The highest BCUT2D eigenvalue weighted by Gasteiger charge is 2.20. The Kier molecular flexibility index (Phi) is 3.81. The molecule has 0 atom stereocenters. The van der Waals surface area contributed by atoms with Crippen LogP contribution < -0.4 is 0 Å². The molecule has 0 saturated heterocycles. The first-order valence-corrected chi connectivity index (χ1v) is 7.48. The number of carbonyl (C=O) groups is 1.